The molecule has 0 bridgehead atoms. The highest BCUT2D eigenvalue weighted by Crippen LogP contribution is 2.23. The molecule has 1 aromatic carbocycles. The Morgan fingerprint density at radius 2 is 1.79 bits per heavy atom. The van der Waals surface area contributed by atoms with Crippen LogP contribution < -0.4 is 0 Å². The third kappa shape index (κ3) is 6.51. The lowest BCUT2D eigenvalue weighted by atomic mass is 9.93. The van der Waals surface area contributed by atoms with Gasteiger partial charge in [0.25, 0.3) is 0 Å². The number of carbonyl (C=O) groups excluding carboxylic acids is 2. The number of esters is 1. The molecule has 0 saturated carbocycles. The molecule has 1 aromatic rings. The topological polar surface area (TPSA) is 55.8 Å². The lowest BCUT2D eigenvalue weighted by Crippen LogP contribution is -2.44. The van der Waals surface area contributed by atoms with Gasteiger partial charge in [0.05, 0.1) is 12.5 Å². The summed E-state index contributed by atoms with van der Waals surface area (Å²) in [6, 6.07) is 7.67. The summed E-state index contributed by atoms with van der Waals surface area (Å²) in [5, 5.41) is 0. The van der Waals surface area contributed by atoms with Crippen molar-refractivity contribution in [3.8, 4) is 0 Å². The van der Waals surface area contributed by atoms with Crippen LogP contribution in [-0.4, -0.2) is 36.2 Å². The van der Waals surface area contributed by atoms with E-state index < -0.39 is 17.1 Å². The van der Waals surface area contributed by atoms with Crippen LogP contribution in [0.2, 0.25) is 0 Å². The first kappa shape index (κ1) is 20.5. The van der Waals surface area contributed by atoms with Gasteiger partial charge in [-0.25, -0.2) is 4.79 Å². The quantitative estimate of drug-likeness (QED) is 0.689. The van der Waals surface area contributed by atoms with E-state index in [2.05, 4.69) is 15.9 Å². The van der Waals surface area contributed by atoms with Crippen LogP contribution in [0.15, 0.2) is 28.7 Å². The predicted molar refractivity (Wildman–Crippen MR) is 96.6 cm³/mol. The minimum absolute atomic E-state index is 0.196. The third-order valence-electron chi connectivity index (χ3n) is 3.24. The summed E-state index contributed by atoms with van der Waals surface area (Å²) >= 11 is 3.42. The molecule has 1 rings (SSSR count). The van der Waals surface area contributed by atoms with Crippen molar-refractivity contribution in [1.29, 1.82) is 0 Å². The molecule has 0 unspecified atom stereocenters. The van der Waals surface area contributed by atoms with Gasteiger partial charge in [0, 0.05) is 17.6 Å². The molecule has 0 atom stereocenters. The third-order valence-corrected chi connectivity index (χ3v) is 3.73. The molecule has 0 aliphatic heterocycles. The molecule has 1 amide bonds. The number of hydrogen-bond acceptors (Lipinski definition) is 4. The van der Waals surface area contributed by atoms with E-state index in [1.54, 1.807) is 13.8 Å². The van der Waals surface area contributed by atoms with Gasteiger partial charge in [-0.05, 0) is 52.3 Å². The van der Waals surface area contributed by atoms with E-state index >= 15 is 0 Å². The molecule has 0 radical (unpaired) electrons. The fraction of sp³-hybridized carbons (Fsp3) is 0.556. The van der Waals surface area contributed by atoms with Gasteiger partial charge in [-0.3, -0.25) is 4.79 Å². The van der Waals surface area contributed by atoms with Crippen LogP contribution in [-0.2, 0) is 20.8 Å². The van der Waals surface area contributed by atoms with E-state index in [0.29, 0.717) is 6.54 Å². The number of hydrogen-bond donors (Lipinski definition) is 0. The zero-order chi connectivity index (χ0) is 18.5. The average Bonchev–Trinajstić information content (AvgIpc) is 2.43. The van der Waals surface area contributed by atoms with Crippen molar-refractivity contribution in [1.82, 2.24) is 4.90 Å². The summed E-state index contributed by atoms with van der Waals surface area (Å²) in [5.41, 5.74) is -0.504. The fourth-order valence-electron chi connectivity index (χ4n) is 2.19. The fourth-order valence-corrected chi connectivity index (χ4v) is 2.63. The summed E-state index contributed by atoms with van der Waals surface area (Å²) < 4.78 is 11.3. The van der Waals surface area contributed by atoms with E-state index in [9.17, 15) is 9.59 Å². The van der Waals surface area contributed by atoms with E-state index in [4.69, 9.17) is 9.47 Å². The summed E-state index contributed by atoms with van der Waals surface area (Å²) in [6.07, 6.45) is -0.459. The molecule has 24 heavy (non-hydrogen) atoms. The number of rotatable bonds is 5. The first-order chi connectivity index (χ1) is 10.9. The van der Waals surface area contributed by atoms with Crippen LogP contribution in [0.5, 0.6) is 0 Å². The van der Waals surface area contributed by atoms with Crippen molar-refractivity contribution in [3.05, 3.63) is 34.3 Å². The van der Waals surface area contributed by atoms with Crippen molar-refractivity contribution < 1.29 is 19.1 Å². The van der Waals surface area contributed by atoms with E-state index in [0.717, 1.165) is 10.0 Å². The predicted octanol–water partition coefficient (Wildman–Crippen LogP) is 4.39. The Kier molecular flexibility index (Phi) is 6.84. The Morgan fingerprint density at radius 3 is 2.29 bits per heavy atom. The molecule has 0 fully saturated rings. The Hall–Kier alpha value is -1.56. The Balaban J connectivity index is 3.02. The van der Waals surface area contributed by atoms with Gasteiger partial charge >= 0.3 is 12.1 Å². The minimum atomic E-state index is -0.836. The van der Waals surface area contributed by atoms with E-state index in [-0.39, 0.29) is 12.5 Å². The van der Waals surface area contributed by atoms with Gasteiger partial charge in [0.15, 0.2) is 0 Å². The van der Waals surface area contributed by atoms with Crippen molar-refractivity contribution in [2.45, 2.75) is 46.8 Å². The van der Waals surface area contributed by atoms with Gasteiger partial charge < -0.3 is 14.4 Å². The number of nitrogens with zero attached hydrogens (tertiary/aromatic N) is 1. The maximum Gasteiger partial charge on any atom is 0.410 e. The molecule has 0 saturated heterocycles. The Morgan fingerprint density at radius 1 is 1.17 bits per heavy atom. The van der Waals surface area contributed by atoms with Crippen LogP contribution in [0, 0.1) is 5.41 Å². The zero-order valence-corrected chi connectivity index (χ0v) is 16.8. The summed E-state index contributed by atoms with van der Waals surface area (Å²) in [7, 11) is 1.34. The SMILES string of the molecule is COC(=O)C(C)(C)CN(Cc1cccc(Br)c1)C(=O)OC(C)(C)C. The minimum Gasteiger partial charge on any atom is -0.469 e. The number of methoxy groups -OCH3 is 1. The first-order valence-electron chi connectivity index (χ1n) is 7.75. The highest BCUT2D eigenvalue weighted by Gasteiger charge is 2.34. The zero-order valence-electron chi connectivity index (χ0n) is 15.2. The molecule has 0 aromatic heterocycles. The lowest BCUT2D eigenvalue weighted by molar-refractivity contribution is -0.151. The highest BCUT2D eigenvalue weighted by atomic mass is 79.9. The standard InChI is InChI=1S/C18H26BrNO4/c1-17(2,3)24-16(22)20(12-18(4,5)15(21)23-6)11-13-8-7-9-14(19)10-13/h7-10H,11-12H2,1-6H3. The Labute approximate surface area is 152 Å². The van der Waals surface area contributed by atoms with E-state index in [1.165, 1.54) is 12.0 Å². The summed E-state index contributed by atoms with van der Waals surface area (Å²) in [4.78, 5) is 26.1. The number of carbonyl (C=O) groups is 2. The largest absolute Gasteiger partial charge is 0.469 e. The van der Waals surface area contributed by atoms with E-state index in [1.807, 2.05) is 45.0 Å². The van der Waals surface area contributed by atoms with Gasteiger partial charge in [-0.15, -0.1) is 0 Å². The highest BCUT2D eigenvalue weighted by molar-refractivity contribution is 9.10. The smallest absolute Gasteiger partial charge is 0.410 e. The van der Waals surface area contributed by atoms with Crippen LogP contribution in [0.4, 0.5) is 4.79 Å². The van der Waals surface area contributed by atoms with Crippen molar-refractivity contribution in [2.24, 2.45) is 5.41 Å². The van der Waals surface area contributed by atoms with Crippen molar-refractivity contribution in [3.63, 3.8) is 0 Å². The molecule has 5 nitrogen and oxygen atoms in total. The molecule has 0 heterocycles. The maximum atomic E-state index is 12.6. The van der Waals surface area contributed by atoms with Gasteiger partial charge in [-0.2, -0.15) is 0 Å². The van der Waals surface area contributed by atoms with Crippen LogP contribution >= 0.6 is 15.9 Å². The molecular formula is C18H26BrNO4. The first-order valence-corrected chi connectivity index (χ1v) is 8.55. The number of benzene rings is 1. The normalized spacial score (nSPS) is 11.8. The molecular weight excluding hydrogens is 374 g/mol. The molecule has 0 spiro atoms. The van der Waals surface area contributed by atoms with Gasteiger partial charge in [0.2, 0.25) is 0 Å². The molecule has 6 heteroatoms. The summed E-state index contributed by atoms with van der Waals surface area (Å²) in [5.74, 6) is -0.370. The molecule has 134 valence electrons. The second-order valence-corrected chi connectivity index (χ2v) is 8.26. The van der Waals surface area contributed by atoms with Gasteiger partial charge in [-0.1, -0.05) is 28.1 Å². The van der Waals surface area contributed by atoms with Crippen molar-refractivity contribution >= 4 is 28.0 Å². The Bertz CT molecular complexity index is 593. The molecule has 0 aliphatic rings. The average molecular weight is 400 g/mol. The summed E-state index contributed by atoms with van der Waals surface area (Å²) in [6.45, 7) is 9.47. The molecule has 0 N–H and O–H groups in total. The maximum absolute atomic E-state index is 12.6. The number of ether oxygens (including phenoxy) is 2. The molecule has 0 aliphatic carbocycles. The monoisotopic (exact) mass is 399 g/mol. The van der Waals surface area contributed by atoms with Gasteiger partial charge in [0.1, 0.15) is 5.60 Å². The second kappa shape index (κ2) is 8.01. The number of amides is 1. The second-order valence-electron chi connectivity index (χ2n) is 7.34. The lowest BCUT2D eigenvalue weighted by Gasteiger charge is -2.32. The van der Waals surface area contributed by atoms with Crippen LogP contribution in [0.3, 0.4) is 0 Å². The van der Waals surface area contributed by atoms with Crippen LogP contribution in [0.1, 0.15) is 40.2 Å². The van der Waals surface area contributed by atoms with Crippen LogP contribution in [0.25, 0.3) is 0 Å². The number of halogens is 1. The van der Waals surface area contributed by atoms with Crippen molar-refractivity contribution in [2.75, 3.05) is 13.7 Å².